The summed E-state index contributed by atoms with van der Waals surface area (Å²) in [5, 5.41) is 13.9. The SMILES string of the molecule is Cc1ccc(S(=O)(=O)N(C#CSc2ccccc2[N+](=O)[O-])Cc2ccccc2)cc1. The highest BCUT2D eigenvalue weighted by Gasteiger charge is 2.22. The van der Waals surface area contributed by atoms with E-state index in [1.165, 1.54) is 6.07 Å². The fourth-order valence-electron chi connectivity index (χ4n) is 2.59. The fraction of sp³-hybridized carbons (Fsp3) is 0.0909. The highest BCUT2D eigenvalue weighted by atomic mass is 32.2. The Morgan fingerprint density at radius 2 is 1.60 bits per heavy atom. The second-order valence-corrected chi connectivity index (χ2v) is 9.06. The van der Waals surface area contributed by atoms with Crippen molar-refractivity contribution in [2.45, 2.75) is 23.3 Å². The first-order valence-corrected chi connectivity index (χ1v) is 11.2. The number of hydrogen-bond donors (Lipinski definition) is 0. The van der Waals surface area contributed by atoms with Crippen molar-refractivity contribution < 1.29 is 13.3 Å². The van der Waals surface area contributed by atoms with E-state index in [9.17, 15) is 18.5 Å². The minimum absolute atomic E-state index is 0.0570. The molecule has 0 amide bonds. The lowest BCUT2D eigenvalue weighted by Gasteiger charge is -2.18. The summed E-state index contributed by atoms with van der Waals surface area (Å²) in [5.41, 5.74) is 1.65. The number of thioether (sulfide) groups is 1. The molecule has 3 aromatic rings. The molecule has 30 heavy (non-hydrogen) atoms. The highest BCUT2D eigenvalue weighted by Crippen LogP contribution is 2.28. The van der Waals surface area contributed by atoms with E-state index in [4.69, 9.17) is 0 Å². The van der Waals surface area contributed by atoms with Crippen LogP contribution < -0.4 is 0 Å². The Hall–Kier alpha value is -3.28. The number of rotatable bonds is 6. The van der Waals surface area contributed by atoms with Gasteiger partial charge in [-0.15, -0.1) is 0 Å². The van der Waals surface area contributed by atoms with Crippen LogP contribution in [0.4, 0.5) is 5.69 Å². The van der Waals surface area contributed by atoms with Gasteiger partial charge in [0, 0.05) is 12.1 Å². The molecule has 0 aromatic heterocycles. The predicted molar refractivity (Wildman–Crippen MR) is 117 cm³/mol. The van der Waals surface area contributed by atoms with Crippen LogP contribution in [0.5, 0.6) is 0 Å². The van der Waals surface area contributed by atoms with Crippen molar-refractivity contribution in [3.05, 3.63) is 100 Å². The Morgan fingerprint density at radius 3 is 2.27 bits per heavy atom. The molecule has 152 valence electrons. The number of hydrogen-bond acceptors (Lipinski definition) is 5. The second kappa shape index (κ2) is 9.48. The third-order valence-corrected chi connectivity index (χ3v) is 6.60. The number of nitrogens with zero attached hydrogens (tertiary/aromatic N) is 2. The zero-order chi connectivity index (χ0) is 21.6. The summed E-state index contributed by atoms with van der Waals surface area (Å²) in [4.78, 5) is 11.2. The van der Waals surface area contributed by atoms with Crippen molar-refractivity contribution in [3.63, 3.8) is 0 Å². The van der Waals surface area contributed by atoms with Gasteiger partial charge < -0.3 is 0 Å². The summed E-state index contributed by atoms with van der Waals surface area (Å²) >= 11 is 0.919. The summed E-state index contributed by atoms with van der Waals surface area (Å²) in [6.45, 7) is 1.93. The van der Waals surface area contributed by atoms with Crippen molar-refractivity contribution in [1.82, 2.24) is 4.31 Å². The van der Waals surface area contributed by atoms with Crippen molar-refractivity contribution in [1.29, 1.82) is 0 Å². The third-order valence-electron chi connectivity index (χ3n) is 4.17. The molecule has 0 spiro atoms. The molecule has 0 aliphatic rings. The molecule has 0 saturated heterocycles. The molecule has 8 heteroatoms. The second-order valence-electron chi connectivity index (χ2n) is 6.35. The van der Waals surface area contributed by atoms with Gasteiger partial charge in [-0.1, -0.05) is 60.2 Å². The number of para-hydroxylation sites is 1. The summed E-state index contributed by atoms with van der Waals surface area (Å²) < 4.78 is 27.4. The Balaban J connectivity index is 1.94. The zero-order valence-electron chi connectivity index (χ0n) is 16.1. The van der Waals surface area contributed by atoms with E-state index in [1.54, 1.807) is 42.5 Å². The third kappa shape index (κ3) is 5.20. The molecule has 0 unspecified atom stereocenters. The predicted octanol–water partition coefficient (Wildman–Crippen LogP) is 4.80. The van der Waals surface area contributed by atoms with E-state index in [-0.39, 0.29) is 17.1 Å². The molecule has 0 saturated carbocycles. The number of nitro groups is 1. The van der Waals surface area contributed by atoms with Crippen LogP contribution in [-0.4, -0.2) is 17.6 Å². The first-order valence-electron chi connectivity index (χ1n) is 8.92. The molecular weight excluding hydrogens is 420 g/mol. The van der Waals surface area contributed by atoms with Crippen LogP contribution in [-0.2, 0) is 16.6 Å². The van der Waals surface area contributed by atoms with Crippen molar-refractivity contribution in [2.75, 3.05) is 0 Å². The van der Waals surface area contributed by atoms with Gasteiger partial charge in [0.2, 0.25) is 0 Å². The average Bonchev–Trinajstić information content (AvgIpc) is 2.74. The Kier molecular flexibility index (Phi) is 6.77. The Labute approximate surface area is 179 Å². The van der Waals surface area contributed by atoms with Crippen molar-refractivity contribution in [2.24, 2.45) is 0 Å². The Morgan fingerprint density at radius 1 is 0.967 bits per heavy atom. The van der Waals surface area contributed by atoms with E-state index in [1.807, 2.05) is 37.3 Å². The Bertz CT molecular complexity index is 1200. The molecular formula is C22H18N2O4S2. The van der Waals surface area contributed by atoms with Gasteiger partial charge in [0.15, 0.2) is 0 Å². The molecule has 0 heterocycles. The van der Waals surface area contributed by atoms with Crippen LogP contribution in [0, 0.1) is 28.3 Å². The molecule has 3 rings (SSSR count). The van der Waals surface area contributed by atoms with Gasteiger partial charge >= 0.3 is 0 Å². The quantitative estimate of drug-likeness (QED) is 0.181. The van der Waals surface area contributed by atoms with Crippen LogP contribution in [0.2, 0.25) is 0 Å². The molecule has 6 nitrogen and oxygen atoms in total. The van der Waals surface area contributed by atoms with Crippen LogP contribution in [0.1, 0.15) is 11.1 Å². The maximum Gasteiger partial charge on any atom is 0.283 e. The van der Waals surface area contributed by atoms with Gasteiger partial charge in [-0.05, 0) is 47.7 Å². The van der Waals surface area contributed by atoms with Gasteiger partial charge in [0.25, 0.3) is 15.7 Å². The van der Waals surface area contributed by atoms with E-state index in [2.05, 4.69) is 11.3 Å². The molecule has 3 aromatic carbocycles. The van der Waals surface area contributed by atoms with E-state index in [0.717, 1.165) is 27.2 Å². The van der Waals surface area contributed by atoms with Gasteiger partial charge in [-0.2, -0.15) is 0 Å². The van der Waals surface area contributed by atoms with Crippen LogP contribution in [0.3, 0.4) is 0 Å². The lowest BCUT2D eigenvalue weighted by molar-refractivity contribution is -0.387. The molecule has 0 atom stereocenters. The van der Waals surface area contributed by atoms with Crippen LogP contribution in [0.25, 0.3) is 0 Å². The molecule has 0 N–H and O–H groups in total. The molecule has 0 radical (unpaired) electrons. The summed E-state index contributed by atoms with van der Waals surface area (Å²) in [5.74, 6) is 0. The average molecular weight is 439 g/mol. The van der Waals surface area contributed by atoms with Gasteiger partial charge in [0.05, 0.1) is 21.3 Å². The van der Waals surface area contributed by atoms with Crippen molar-refractivity contribution in [3.8, 4) is 11.3 Å². The first-order chi connectivity index (χ1) is 14.4. The lowest BCUT2D eigenvalue weighted by atomic mass is 10.2. The zero-order valence-corrected chi connectivity index (χ0v) is 17.7. The highest BCUT2D eigenvalue weighted by molar-refractivity contribution is 8.04. The number of benzene rings is 3. The van der Waals surface area contributed by atoms with Gasteiger partial charge in [-0.25, -0.2) is 12.7 Å². The minimum Gasteiger partial charge on any atom is -0.258 e. The van der Waals surface area contributed by atoms with Crippen LogP contribution >= 0.6 is 11.8 Å². The topological polar surface area (TPSA) is 80.5 Å². The first kappa shape index (κ1) is 21.4. The number of nitro benzene ring substituents is 1. The minimum atomic E-state index is -3.88. The van der Waals surface area contributed by atoms with E-state index in [0.29, 0.717) is 4.90 Å². The molecule has 0 aliphatic heterocycles. The van der Waals surface area contributed by atoms with Gasteiger partial charge in [-0.3, -0.25) is 10.1 Å². The molecule has 0 aliphatic carbocycles. The standard InChI is InChI=1S/C22H18N2O4S2/c1-18-11-13-20(14-12-18)30(27,28)23(17-19-7-3-2-4-8-19)15-16-29-22-10-6-5-9-21(22)24(25)26/h2-14H,17H2,1H3. The molecule has 0 bridgehead atoms. The summed E-state index contributed by atoms with van der Waals surface area (Å²) in [6.07, 6.45) is 0. The normalized spacial score (nSPS) is 10.7. The number of aryl methyl sites for hydroxylation is 1. The fourth-order valence-corrected chi connectivity index (χ4v) is 4.53. The smallest absolute Gasteiger partial charge is 0.258 e. The van der Waals surface area contributed by atoms with Gasteiger partial charge in [0.1, 0.15) is 0 Å². The largest absolute Gasteiger partial charge is 0.283 e. The van der Waals surface area contributed by atoms with Crippen molar-refractivity contribution >= 4 is 27.5 Å². The number of sulfonamides is 1. The van der Waals surface area contributed by atoms with E-state index < -0.39 is 14.9 Å². The van der Waals surface area contributed by atoms with E-state index >= 15 is 0 Å². The summed E-state index contributed by atoms with van der Waals surface area (Å²) in [7, 11) is -3.88. The monoisotopic (exact) mass is 438 g/mol. The molecule has 0 fully saturated rings. The maximum atomic E-state index is 13.2. The summed E-state index contributed by atoms with van der Waals surface area (Å²) in [6, 6.07) is 24.5. The lowest BCUT2D eigenvalue weighted by Crippen LogP contribution is -2.26. The maximum absolute atomic E-state index is 13.2. The van der Waals surface area contributed by atoms with Crippen LogP contribution in [0.15, 0.2) is 88.7 Å².